The number of aryl methyl sites for hydroxylation is 1. The molecule has 0 saturated carbocycles. The highest BCUT2D eigenvalue weighted by atomic mass is 32.2. The Bertz CT molecular complexity index is 1260. The van der Waals surface area contributed by atoms with Crippen molar-refractivity contribution in [2.75, 3.05) is 30.3 Å². The van der Waals surface area contributed by atoms with Gasteiger partial charge in [0.1, 0.15) is 11.5 Å². The number of carbonyl (C=O) groups is 2. The Hall–Kier alpha value is -4.05. The normalized spacial score (nSPS) is 10.8. The summed E-state index contributed by atoms with van der Waals surface area (Å²) in [7, 11) is -2.52. The number of nitrogens with one attached hydrogen (secondary N) is 3. The number of amides is 2. The van der Waals surface area contributed by atoms with E-state index in [0.29, 0.717) is 22.7 Å². The van der Waals surface area contributed by atoms with Crippen molar-refractivity contribution in [3.05, 3.63) is 78.4 Å². The van der Waals surface area contributed by atoms with Gasteiger partial charge < -0.3 is 20.1 Å². The Balaban J connectivity index is 1.60. The molecule has 0 aromatic heterocycles. The molecular formula is C24H25N3O6S. The first-order valence-corrected chi connectivity index (χ1v) is 11.8. The van der Waals surface area contributed by atoms with E-state index in [4.69, 9.17) is 9.47 Å². The van der Waals surface area contributed by atoms with Gasteiger partial charge in [0.05, 0.1) is 24.2 Å². The molecular weight excluding hydrogens is 458 g/mol. The quantitative estimate of drug-likeness (QED) is 0.408. The predicted octanol–water partition coefficient (Wildman–Crippen LogP) is 2.94. The van der Waals surface area contributed by atoms with E-state index in [-0.39, 0.29) is 23.7 Å². The lowest BCUT2D eigenvalue weighted by Gasteiger charge is -2.14. The summed E-state index contributed by atoms with van der Waals surface area (Å²) in [5.41, 5.74) is 1.05. The summed E-state index contributed by atoms with van der Waals surface area (Å²) in [5.74, 6) is -0.0671. The summed E-state index contributed by atoms with van der Waals surface area (Å²) in [6.07, 6.45) is 0. The van der Waals surface area contributed by atoms with Crippen molar-refractivity contribution in [2.24, 2.45) is 0 Å². The fourth-order valence-corrected chi connectivity index (χ4v) is 4.34. The fraction of sp³-hybridized carbons (Fsp3) is 0.167. The van der Waals surface area contributed by atoms with Gasteiger partial charge in [-0.3, -0.25) is 14.3 Å². The highest BCUT2D eigenvalue weighted by Gasteiger charge is 2.20. The van der Waals surface area contributed by atoms with Crippen LogP contribution in [0.15, 0.2) is 77.7 Å². The van der Waals surface area contributed by atoms with E-state index in [1.54, 1.807) is 67.6 Å². The molecule has 0 aliphatic rings. The standard InChI is InChI=1S/C24H25N3O6S/c1-17-12-13-18(14-22(17)34(30,31)27-20-10-6-7-11-21(20)32-2)26-23(28)15-25-24(29)16-33-19-8-4-3-5-9-19/h3-14,27H,15-16H2,1-2H3,(H,25,29)(H,26,28). The van der Waals surface area contributed by atoms with Crippen molar-refractivity contribution in [1.29, 1.82) is 0 Å². The minimum atomic E-state index is -3.96. The molecule has 0 saturated heterocycles. The number of hydrogen-bond acceptors (Lipinski definition) is 6. The second-order valence-corrected chi connectivity index (χ2v) is 8.86. The summed E-state index contributed by atoms with van der Waals surface area (Å²) < 4.78 is 39.0. The van der Waals surface area contributed by atoms with Crippen LogP contribution >= 0.6 is 0 Å². The summed E-state index contributed by atoms with van der Waals surface area (Å²) in [6.45, 7) is 1.11. The Morgan fingerprint density at radius 3 is 2.35 bits per heavy atom. The lowest BCUT2D eigenvalue weighted by atomic mass is 10.2. The number of rotatable bonds is 10. The molecule has 0 fully saturated rings. The van der Waals surface area contributed by atoms with Crippen molar-refractivity contribution in [1.82, 2.24) is 5.32 Å². The number of anilines is 2. The van der Waals surface area contributed by atoms with Gasteiger partial charge in [-0.25, -0.2) is 8.42 Å². The summed E-state index contributed by atoms with van der Waals surface area (Å²) in [6, 6.07) is 20.0. The Morgan fingerprint density at radius 1 is 0.912 bits per heavy atom. The third-order valence-electron chi connectivity index (χ3n) is 4.67. The molecule has 0 aliphatic heterocycles. The summed E-state index contributed by atoms with van der Waals surface area (Å²) >= 11 is 0. The van der Waals surface area contributed by atoms with E-state index in [2.05, 4.69) is 15.4 Å². The number of benzene rings is 3. The van der Waals surface area contributed by atoms with Crippen LogP contribution in [-0.2, 0) is 19.6 Å². The molecule has 34 heavy (non-hydrogen) atoms. The van der Waals surface area contributed by atoms with Gasteiger partial charge in [-0.1, -0.05) is 36.4 Å². The van der Waals surface area contributed by atoms with Gasteiger partial charge in [0, 0.05) is 5.69 Å². The maximum absolute atomic E-state index is 13.0. The minimum Gasteiger partial charge on any atom is -0.495 e. The molecule has 3 aromatic carbocycles. The average Bonchev–Trinajstić information content (AvgIpc) is 2.83. The molecule has 0 spiro atoms. The molecule has 178 valence electrons. The molecule has 10 heteroatoms. The van der Waals surface area contributed by atoms with Gasteiger partial charge in [-0.05, 0) is 48.9 Å². The zero-order chi connectivity index (χ0) is 24.6. The molecule has 9 nitrogen and oxygen atoms in total. The maximum Gasteiger partial charge on any atom is 0.262 e. The molecule has 3 rings (SSSR count). The molecule has 3 N–H and O–H groups in total. The topological polar surface area (TPSA) is 123 Å². The van der Waals surface area contributed by atoms with Crippen molar-refractivity contribution < 1.29 is 27.5 Å². The van der Waals surface area contributed by atoms with Crippen LogP contribution in [0.4, 0.5) is 11.4 Å². The van der Waals surface area contributed by atoms with Crippen molar-refractivity contribution in [2.45, 2.75) is 11.8 Å². The van der Waals surface area contributed by atoms with Crippen LogP contribution in [-0.4, -0.2) is 40.5 Å². The van der Waals surface area contributed by atoms with Gasteiger partial charge in [-0.2, -0.15) is 0 Å². The van der Waals surface area contributed by atoms with Gasteiger partial charge in [0.25, 0.3) is 15.9 Å². The molecule has 3 aromatic rings. The van der Waals surface area contributed by atoms with Crippen LogP contribution < -0.4 is 24.8 Å². The lowest BCUT2D eigenvalue weighted by molar-refractivity contribution is -0.125. The summed E-state index contributed by atoms with van der Waals surface area (Å²) in [4.78, 5) is 24.2. The molecule has 2 amide bonds. The highest BCUT2D eigenvalue weighted by molar-refractivity contribution is 7.92. The zero-order valence-electron chi connectivity index (χ0n) is 18.7. The zero-order valence-corrected chi connectivity index (χ0v) is 19.5. The monoisotopic (exact) mass is 483 g/mol. The number of sulfonamides is 1. The number of para-hydroxylation sites is 3. The first-order chi connectivity index (χ1) is 16.3. The van der Waals surface area contributed by atoms with E-state index in [0.717, 1.165) is 0 Å². The fourth-order valence-electron chi connectivity index (χ4n) is 3.00. The van der Waals surface area contributed by atoms with E-state index >= 15 is 0 Å². The van der Waals surface area contributed by atoms with Crippen molar-refractivity contribution in [3.8, 4) is 11.5 Å². The van der Waals surface area contributed by atoms with Gasteiger partial charge >= 0.3 is 0 Å². The largest absolute Gasteiger partial charge is 0.495 e. The third kappa shape index (κ3) is 6.72. The second kappa shape index (κ2) is 11.2. The molecule has 0 radical (unpaired) electrons. The lowest BCUT2D eigenvalue weighted by Crippen LogP contribution is -2.35. The molecule has 0 bridgehead atoms. The van der Waals surface area contributed by atoms with E-state index < -0.39 is 21.8 Å². The van der Waals surface area contributed by atoms with Gasteiger partial charge in [0.2, 0.25) is 5.91 Å². The molecule has 0 aliphatic carbocycles. The number of carbonyl (C=O) groups excluding carboxylic acids is 2. The number of ether oxygens (including phenoxy) is 2. The van der Waals surface area contributed by atoms with Crippen LogP contribution in [0, 0.1) is 6.92 Å². The first-order valence-electron chi connectivity index (χ1n) is 10.3. The average molecular weight is 484 g/mol. The maximum atomic E-state index is 13.0. The molecule has 0 unspecified atom stereocenters. The first kappa shape index (κ1) is 24.6. The van der Waals surface area contributed by atoms with Crippen LogP contribution in [0.5, 0.6) is 11.5 Å². The van der Waals surface area contributed by atoms with Crippen LogP contribution in [0.2, 0.25) is 0 Å². The van der Waals surface area contributed by atoms with Crippen LogP contribution in [0.25, 0.3) is 0 Å². The Morgan fingerprint density at radius 2 is 1.62 bits per heavy atom. The Labute approximate surface area is 198 Å². The van der Waals surface area contributed by atoms with Crippen molar-refractivity contribution in [3.63, 3.8) is 0 Å². The SMILES string of the molecule is COc1ccccc1NS(=O)(=O)c1cc(NC(=O)CNC(=O)COc2ccccc2)ccc1C. The minimum absolute atomic E-state index is 0.00324. The van der Waals surface area contributed by atoms with Crippen LogP contribution in [0.1, 0.15) is 5.56 Å². The Kier molecular flexibility index (Phi) is 8.10. The third-order valence-corrected chi connectivity index (χ3v) is 6.18. The number of methoxy groups -OCH3 is 1. The second-order valence-electron chi connectivity index (χ2n) is 7.21. The van der Waals surface area contributed by atoms with Gasteiger partial charge in [-0.15, -0.1) is 0 Å². The summed E-state index contributed by atoms with van der Waals surface area (Å²) in [5, 5.41) is 5.04. The van der Waals surface area contributed by atoms with E-state index in [1.165, 1.54) is 13.2 Å². The number of hydrogen-bond donors (Lipinski definition) is 3. The van der Waals surface area contributed by atoms with E-state index in [9.17, 15) is 18.0 Å². The van der Waals surface area contributed by atoms with Crippen molar-refractivity contribution >= 4 is 33.2 Å². The van der Waals surface area contributed by atoms with Gasteiger partial charge in [0.15, 0.2) is 6.61 Å². The van der Waals surface area contributed by atoms with E-state index in [1.807, 2.05) is 6.07 Å². The predicted molar refractivity (Wildman–Crippen MR) is 129 cm³/mol. The van der Waals surface area contributed by atoms with Crippen LogP contribution in [0.3, 0.4) is 0 Å². The molecule has 0 atom stereocenters. The highest BCUT2D eigenvalue weighted by Crippen LogP contribution is 2.28. The smallest absolute Gasteiger partial charge is 0.262 e. The molecule has 0 heterocycles.